The zero-order valence-electron chi connectivity index (χ0n) is 7.96. The Labute approximate surface area is 87.7 Å². The molecule has 0 atom stereocenters. The average molecular weight is 209 g/mol. The Morgan fingerprint density at radius 3 is 2.43 bits per heavy atom. The van der Waals surface area contributed by atoms with Crippen molar-refractivity contribution in [3.63, 3.8) is 0 Å². The first-order chi connectivity index (χ1) is 6.43. The summed E-state index contributed by atoms with van der Waals surface area (Å²) in [6.45, 7) is 3.68. The van der Waals surface area contributed by atoms with Crippen molar-refractivity contribution < 1.29 is 9.90 Å². The van der Waals surface area contributed by atoms with Crippen LogP contribution in [0.3, 0.4) is 0 Å². The summed E-state index contributed by atoms with van der Waals surface area (Å²) < 4.78 is 0. The fraction of sp³-hybridized carbons (Fsp3) is 0.200. The van der Waals surface area contributed by atoms with E-state index in [9.17, 15) is 4.79 Å². The van der Waals surface area contributed by atoms with E-state index in [1.165, 1.54) is 0 Å². The SMILES string of the molecule is Cc1cc(C)c(C(=N)C(=O)O)c(S)c1. The van der Waals surface area contributed by atoms with E-state index in [0.717, 1.165) is 11.1 Å². The zero-order chi connectivity index (χ0) is 10.9. The van der Waals surface area contributed by atoms with Crippen molar-refractivity contribution in [2.24, 2.45) is 0 Å². The number of benzene rings is 1. The van der Waals surface area contributed by atoms with E-state index in [1.807, 2.05) is 13.0 Å². The highest BCUT2D eigenvalue weighted by atomic mass is 32.1. The number of carboxylic acids is 1. The number of carboxylic acid groups (broad SMARTS) is 1. The van der Waals surface area contributed by atoms with Gasteiger partial charge in [-0.05, 0) is 31.0 Å². The van der Waals surface area contributed by atoms with Crippen LogP contribution in [0.5, 0.6) is 0 Å². The van der Waals surface area contributed by atoms with Crippen LogP contribution in [0, 0.1) is 19.3 Å². The molecule has 0 radical (unpaired) electrons. The summed E-state index contributed by atoms with van der Waals surface area (Å²) in [5.41, 5.74) is 1.76. The number of hydrogen-bond acceptors (Lipinski definition) is 3. The van der Waals surface area contributed by atoms with Crippen molar-refractivity contribution in [3.8, 4) is 0 Å². The summed E-state index contributed by atoms with van der Waals surface area (Å²) in [7, 11) is 0. The quantitative estimate of drug-likeness (QED) is 0.515. The Hall–Kier alpha value is -1.29. The van der Waals surface area contributed by atoms with Gasteiger partial charge in [0.25, 0.3) is 0 Å². The van der Waals surface area contributed by atoms with Crippen LogP contribution in [0.15, 0.2) is 17.0 Å². The first-order valence-electron chi connectivity index (χ1n) is 4.06. The van der Waals surface area contributed by atoms with Crippen molar-refractivity contribution in [1.82, 2.24) is 0 Å². The van der Waals surface area contributed by atoms with Crippen molar-refractivity contribution in [1.29, 1.82) is 5.41 Å². The van der Waals surface area contributed by atoms with E-state index in [0.29, 0.717) is 10.5 Å². The molecule has 0 spiro atoms. The van der Waals surface area contributed by atoms with Gasteiger partial charge in [-0.2, -0.15) is 0 Å². The van der Waals surface area contributed by atoms with Gasteiger partial charge in [0.05, 0.1) is 0 Å². The minimum absolute atomic E-state index is 0.395. The predicted octanol–water partition coefficient (Wildman–Crippen LogP) is 2.04. The molecule has 3 nitrogen and oxygen atoms in total. The Morgan fingerprint density at radius 2 is 2.00 bits per heavy atom. The molecule has 1 aromatic rings. The van der Waals surface area contributed by atoms with Crippen LogP contribution in [0.2, 0.25) is 0 Å². The minimum atomic E-state index is -1.23. The lowest BCUT2D eigenvalue weighted by molar-refractivity contribution is -0.129. The Morgan fingerprint density at radius 1 is 1.43 bits per heavy atom. The van der Waals surface area contributed by atoms with Crippen LogP contribution >= 0.6 is 12.6 Å². The molecule has 0 aliphatic rings. The monoisotopic (exact) mass is 209 g/mol. The number of carbonyl (C=O) groups is 1. The lowest BCUT2D eigenvalue weighted by Crippen LogP contribution is -2.15. The molecule has 0 saturated carbocycles. The summed E-state index contributed by atoms with van der Waals surface area (Å²) in [4.78, 5) is 11.2. The number of aliphatic carboxylic acids is 1. The molecule has 0 saturated heterocycles. The highest BCUT2D eigenvalue weighted by molar-refractivity contribution is 7.80. The first kappa shape index (κ1) is 10.8. The molecule has 0 bridgehead atoms. The van der Waals surface area contributed by atoms with Crippen LogP contribution in [0.4, 0.5) is 0 Å². The maximum atomic E-state index is 10.6. The molecule has 0 fully saturated rings. The third kappa shape index (κ3) is 1.96. The van der Waals surface area contributed by atoms with E-state index in [-0.39, 0.29) is 0 Å². The third-order valence-electron chi connectivity index (χ3n) is 1.92. The summed E-state index contributed by atoms with van der Waals surface area (Å²) in [5.74, 6) is -1.23. The number of hydrogen-bond donors (Lipinski definition) is 3. The summed E-state index contributed by atoms with van der Waals surface area (Å²) in [6.07, 6.45) is 0. The van der Waals surface area contributed by atoms with Crippen LogP contribution in [0.1, 0.15) is 16.7 Å². The molecule has 0 aromatic heterocycles. The molecule has 0 aliphatic carbocycles. The van der Waals surface area contributed by atoms with Gasteiger partial charge in [0.15, 0.2) is 0 Å². The van der Waals surface area contributed by atoms with Crippen molar-refractivity contribution in [3.05, 3.63) is 28.8 Å². The molecule has 4 heteroatoms. The van der Waals surface area contributed by atoms with Crippen LogP contribution in [-0.4, -0.2) is 16.8 Å². The Balaban J connectivity index is 3.35. The number of aryl methyl sites for hydroxylation is 2. The molecule has 1 aromatic carbocycles. The van der Waals surface area contributed by atoms with E-state index in [2.05, 4.69) is 12.6 Å². The molecule has 1 rings (SSSR count). The molecular formula is C10H11NO2S. The fourth-order valence-corrected chi connectivity index (χ4v) is 1.87. The van der Waals surface area contributed by atoms with Gasteiger partial charge in [-0.1, -0.05) is 6.07 Å². The second kappa shape index (κ2) is 3.84. The summed E-state index contributed by atoms with van der Waals surface area (Å²) in [6, 6.07) is 3.59. The highest BCUT2D eigenvalue weighted by Gasteiger charge is 2.15. The van der Waals surface area contributed by atoms with Gasteiger partial charge in [0.2, 0.25) is 0 Å². The van der Waals surface area contributed by atoms with Gasteiger partial charge in [-0.3, -0.25) is 5.41 Å². The first-order valence-corrected chi connectivity index (χ1v) is 4.50. The molecule has 2 N–H and O–H groups in total. The molecule has 0 heterocycles. The van der Waals surface area contributed by atoms with Crippen LogP contribution in [-0.2, 0) is 4.79 Å². The lowest BCUT2D eigenvalue weighted by Gasteiger charge is -2.08. The van der Waals surface area contributed by atoms with E-state index in [1.54, 1.807) is 13.0 Å². The van der Waals surface area contributed by atoms with Crippen molar-refractivity contribution in [2.75, 3.05) is 0 Å². The smallest absolute Gasteiger partial charge is 0.354 e. The van der Waals surface area contributed by atoms with Gasteiger partial charge in [0, 0.05) is 10.5 Å². The third-order valence-corrected chi connectivity index (χ3v) is 2.28. The molecule has 0 amide bonds. The molecule has 0 aliphatic heterocycles. The van der Waals surface area contributed by atoms with Crippen molar-refractivity contribution >= 4 is 24.3 Å². The van der Waals surface area contributed by atoms with Gasteiger partial charge in [0.1, 0.15) is 5.71 Å². The standard InChI is InChI=1S/C10H11NO2S/c1-5-3-6(2)8(7(14)4-5)9(11)10(12)13/h3-4,11,14H,1-2H3,(H,12,13). The second-order valence-corrected chi connectivity index (χ2v) is 3.64. The largest absolute Gasteiger partial charge is 0.477 e. The molecular weight excluding hydrogens is 198 g/mol. The second-order valence-electron chi connectivity index (χ2n) is 3.16. The van der Waals surface area contributed by atoms with E-state index < -0.39 is 11.7 Å². The Bertz CT molecular complexity index is 390. The maximum Gasteiger partial charge on any atom is 0.354 e. The predicted molar refractivity (Wildman–Crippen MR) is 57.6 cm³/mol. The van der Waals surface area contributed by atoms with Gasteiger partial charge in [-0.15, -0.1) is 12.6 Å². The van der Waals surface area contributed by atoms with Gasteiger partial charge in [-0.25, -0.2) is 4.79 Å². The zero-order valence-corrected chi connectivity index (χ0v) is 8.85. The lowest BCUT2D eigenvalue weighted by atomic mass is 10.0. The molecule has 14 heavy (non-hydrogen) atoms. The summed E-state index contributed by atoms with van der Waals surface area (Å²) in [5, 5.41) is 16.1. The highest BCUT2D eigenvalue weighted by Crippen LogP contribution is 2.20. The van der Waals surface area contributed by atoms with E-state index in [4.69, 9.17) is 10.5 Å². The normalized spacial score (nSPS) is 9.93. The molecule has 0 unspecified atom stereocenters. The van der Waals surface area contributed by atoms with Crippen LogP contribution in [0.25, 0.3) is 0 Å². The molecule has 74 valence electrons. The number of rotatable bonds is 2. The topological polar surface area (TPSA) is 61.2 Å². The fourth-order valence-electron chi connectivity index (χ4n) is 1.38. The Kier molecular flexibility index (Phi) is 2.96. The maximum absolute atomic E-state index is 10.6. The minimum Gasteiger partial charge on any atom is -0.477 e. The van der Waals surface area contributed by atoms with Crippen LogP contribution < -0.4 is 0 Å². The van der Waals surface area contributed by atoms with Gasteiger partial charge < -0.3 is 5.11 Å². The number of nitrogens with one attached hydrogen (secondary N) is 1. The average Bonchev–Trinajstić information content (AvgIpc) is 2.01. The van der Waals surface area contributed by atoms with Gasteiger partial charge >= 0.3 is 5.97 Å². The van der Waals surface area contributed by atoms with E-state index >= 15 is 0 Å². The van der Waals surface area contributed by atoms with Crippen molar-refractivity contribution in [2.45, 2.75) is 18.7 Å². The summed E-state index contributed by atoms with van der Waals surface area (Å²) >= 11 is 4.17. The number of thiol groups is 1.